The van der Waals surface area contributed by atoms with Crippen molar-refractivity contribution in [3.8, 4) is 11.8 Å². The quantitative estimate of drug-likeness (QED) is 0.729. The smallest absolute Gasteiger partial charge is 0.410 e. The highest BCUT2D eigenvalue weighted by Crippen LogP contribution is 2.32. The second-order valence-corrected chi connectivity index (χ2v) is 9.19. The van der Waals surface area contributed by atoms with Crippen molar-refractivity contribution in [3.05, 3.63) is 47.3 Å². The predicted molar refractivity (Wildman–Crippen MR) is 115 cm³/mol. The molecule has 2 atom stereocenters. The number of hydrogen-bond donors (Lipinski definition) is 0. The molecule has 1 fully saturated rings. The fourth-order valence-corrected chi connectivity index (χ4v) is 4.28. The van der Waals surface area contributed by atoms with Gasteiger partial charge in [0.25, 0.3) is 5.91 Å². The van der Waals surface area contributed by atoms with Crippen molar-refractivity contribution in [2.75, 3.05) is 20.3 Å². The van der Waals surface area contributed by atoms with E-state index in [9.17, 15) is 9.59 Å². The van der Waals surface area contributed by atoms with Crippen molar-refractivity contribution in [1.82, 2.24) is 19.6 Å². The maximum absolute atomic E-state index is 13.3. The molecule has 1 aromatic heterocycles. The van der Waals surface area contributed by atoms with Crippen LogP contribution in [0.5, 0.6) is 0 Å². The molecule has 2 aromatic rings. The Hall–Kier alpha value is -3.38. The van der Waals surface area contributed by atoms with Crippen LogP contribution in [-0.4, -0.2) is 69.5 Å². The second kappa shape index (κ2) is 8.28. The number of carbonyl (C=O) groups excluding carboxylic acids is 2. The summed E-state index contributed by atoms with van der Waals surface area (Å²) in [4.78, 5) is 29.5. The molecule has 4 rings (SSSR count). The van der Waals surface area contributed by atoms with E-state index in [1.807, 2.05) is 37.8 Å². The van der Waals surface area contributed by atoms with E-state index >= 15 is 0 Å². The predicted octanol–water partition coefficient (Wildman–Crippen LogP) is 2.72. The number of hydrogen-bond acceptors (Lipinski definition) is 6. The summed E-state index contributed by atoms with van der Waals surface area (Å²) in [6.07, 6.45) is 3.36. The molecule has 2 aliphatic rings. The first-order valence-electron chi connectivity index (χ1n) is 10.6. The molecule has 9 heteroatoms. The van der Waals surface area contributed by atoms with Gasteiger partial charge in [-0.3, -0.25) is 4.79 Å². The number of likely N-dealkylation sites (tertiary alicyclic amines) is 1. The average molecular weight is 438 g/mol. The summed E-state index contributed by atoms with van der Waals surface area (Å²) in [6.45, 7) is 6.78. The van der Waals surface area contributed by atoms with E-state index in [4.69, 9.17) is 14.7 Å². The highest BCUT2D eigenvalue weighted by molar-refractivity contribution is 5.99. The number of fused-ring (bicyclic) bond motifs is 1. The van der Waals surface area contributed by atoms with E-state index in [-0.39, 0.29) is 24.1 Å². The van der Waals surface area contributed by atoms with Crippen molar-refractivity contribution < 1.29 is 19.1 Å². The van der Waals surface area contributed by atoms with Gasteiger partial charge in [0.2, 0.25) is 0 Å². The Morgan fingerprint density at radius 3 is 2.78 bits per heavy atom. The zero-order valence-corrected chi connectivity index (χ0v) is 18.7. The van der Waals surface area contributed by atoms with Gasteiger partial charge in [0.15, 0.2) is 0 Å². The Morgan fingerprint density at radius 2 is 2.12 bits per heavy atom. The van der Waals surface area contributed by atoms with Crippen LogP contribution in [0.3, 0.4) is 0 Å². The molecule has 0 bridgehead atoms. The van der Waals surface area contributed by atoms with E-state index in [0.29, 0.717) is 37.2 Å². The van der Waals surface area contributed by atoms with Crippen molar-refractivity contribution in [3.63, 3.8) is 0 Å². The van der Waals surface area contributed by atoms with Crippen molar-refractivity contribution in [1.29, 1.82) is 5.26 Å². The van der Waals surface area contributed by atoms with Gasteiger partial charge in [0.1, 0.15) is 11.7 Å². The fraction of sp³-hybridized carbons (Fsp3) is 0.478. The van der Waals surface area contributed by atoms with Crippen LogP contribution in [-0.2, 0) is 16.0 Å². The molecule has 0 unspecified atom stereocenters. The topological polar surface area (TPSA) is 101 Å². The molecule has 0 radical (unpaired) electrons. The lowest BCUT2D eigenvalue weighted by atomic mass is 10.1. The molecule has 2 amide bonds. The van der Waals surface area contributed by atoms with Crippen LogP contribution in [0.1, 0.15) is 48.7 Å². The normalized spacial score (nSPS) is 20.4. The van der Waals surface area contributed by atoms with E-state index in [0.717, 1.165) is 11.3 Å². The van der Waals surface area contributed by atoms with Crippen LogP contribution in [0.2, 0.25) is 0 Å². The maximum Gasteiger partial charge on any atom is 0.410 e. The van der Waals surface area contributed by atoms with Crippen molar-refractivity contribution >= 4 is 12.0 Å². The number of aromatic nitrogens is 2. The molecule has 0 saturated carbocycles. The summed E-state index contributed by atoms with van der Waals surface area (Å²) >= 11 is 0. The van der Waals surface area contributed by atoms with Crippen molar-refractivity contribution in [2.24, 2.45) is 0 Å². The first-order valence-corrected chi connectivity index (χ1v) is 10.6. The maximum atomic E-state index is 13.3. The third-order valence-corrected chi connectivity index (χ3v) is 5.72. The third-order valence-electron chi connectivity index (χ3n) is 5.72. The molecule has 168 valence electrons. The molecule has 0 spiro atoms. The van der Waals surface area contributed by atoms with E-state index in [1.165, 1.54) is 6.20 Å². The van der Waals surface area contributed by atoms with Gasteiger partial charge < -0.3 is 19.3 Å². The van der Waals surface area contributed by atoms with E-state index in [1.54, 1.807) is 29.0 Å². The number of ether oxygens (including phenoxy) is 2. The summed E-state index contributed by atoms with van der Waals surface area (Å²) in [5.74, 6) is -0.0679. The van der Waals surface area contributed by atoms with Gasteiger partial charge in [-0.15, -0.1) is 0 Å². The Kier molecular flexibility index (Phi) is 5.65. The first-order chi connectivity index (χ1) is 15.2. The third kappa shape index (κ3) is 4.18. The number of methoxy groups -OCH3 is 1. The number of amides is 2. The Balaban J connectivity index is 1.53. The van der Waals surface area contributed by atoms with Gasteiger partial charge in [0, 0.05) is 32.0 Å². The summed E-state index contributed by atoms with van der Waals surface area (Å²) < 4.78 is 12.5. The van der Waals surface area contributed by atoms with E-state index in [2.05, 4.69) is 11.2 Å². The summed E-state index contributed by atoms with van der Waals surface area (Å²) in [5.41, 5.74) is 2.14. The highest BCUT2D eigenvalue weighted by Gasteiger charge is 2.43. The lowest BCUT2D eigenvalue weighted by Crippen LogP contribution is -2.43. The SMILES string of the molecule is COC[C@@H]1C[C@@H](N2Cc3ccc(-n4cc(C#N)cn4)cc3C2=O)CN1C(=O)OC(C)(C)C. The van der Waals surface area contributed by atoms with Gasteiger partial charge >= 0.3 is 6.09 Å². The Morgan fingerprint density at radius 1 is 1.34 bits per heavy atom. The van der Waals surface area contributed by atoms with Crippen LogP contribution >= 0.6 is 0 Å². The molecule has 0 aliphatic carbocycles. The lowest BCUT2D eigenvalue weighted by molar-refractivity contribution is 0.0141. The Labute approximate surface area is 187 Å². The van der Waals surface area contributed by atoms with Gasteiger partial charge in [-0.1, -0.05) is 6.07 Å². The molecule has 3 heterocycles. The standard InChI is InChI=1S/C23H27N5O4/c1-23(2,3)32-22(30)27-13-18(7-19(27)14-31-4)26-12-16-5-6-17(8-20(16)21(26)29)28-11-15(9-24)10-25-28/h5-6,8,10-11,18-19H,7,12-14H2,1-4H3/t18-,19+/m1/s1. The van der Waals surface area contributed by atoms with Crippen LogP contribution in [0.4, 0.5) is 4.79 Å². The van der Waals surface area contributed by atoms with Gasteiger partial charge in [-0.05, 0) is 44.9 Å². The number of rotatable bonds is 4. The molecule has 32 heavy (non-hydrogen) atoms. The van der Waals surface area contributed by atoms with E-state index < -0.39 is 5.60 Å². The minimum absolute atomic E-state index is 0.0679. The highest BCUT2D eigenvalue weighted by atomic mass is 16.6. The molecular formula is C23H27N5O4. The summed E-state index contributed by atoms with van der Waals surface area (Å²) in [7, 11) is 1.60. The Bertz CT molecular complexity index is 1080. The van der Waals surface area contributed by atoms with Gasteiger partial charge in [-0.2, -0.15) is 10.4 Å². The second-order valence-electron chi connectivity index (χ2n) is 9.19. The first kappa shape index (κ1) is 21.8. The molecule has 2 aliphatic heterocycles. The molecule has 0 N–H and O–H groups in total. The number of nitriles is 1. The number of carbonyl (C=O) groups is 2. The van der Waals surface area contributed by atoms with Crippen LogP contribution in [0.25, 0.3) is 5.69 Å². The minimum atomic E-state index is -0.596. The number of nitrogens with zero attached hydrogens (tertiary/aromatic N) is 5. The van der Waals surface area contributed by atoms with Crippen LogP contribution < -0.4 is 0 Å². The summed E-state index contributed by atoms with van der Waals surface area (Å²) in [6, 6.07) is 7.39. The van der Waals surface area contributed by atoms with Gasteiger partial charge in [0.05, 0.1) is 36.1 Å². The summed E-state index contributed by atoms with van der Waals surface area (Å²) in [5, 5.41) is 13.2. The minimum Gasteiger partial charge on any atom is -0.444 e. The van der Waals surface area contributed by atoms with Crippen LogP contribution in [0.15, 0.2) is 30.6 Å². The molecule has 1 saturated heterocycles. The lowest BCUT2D eigenvalue weighted by Gasteiger charge is -2.28. The van der Waals surface area contributed by atoms with Crippen molar-refractivity contribution in [2.45, 2.75) is 51.4 Å². The largest absolute Gasteiger partial charge is 0.444 e. The molecule has 9 nitrogen and oxygen atoms in total. The zero-order chi connectivity index (χ0) is 23.0. The zero-order valence-electron chi connectivity index (χ0n) is 18.7. The van der Waals surface area contributed by atoms with Crippen LogP contribution in [0, 0.1) is 11.3 Å². The molecular weight excluding hydrogens is 410 g/mol. The molecule has 1 aromatic carbocycles. The fourth-order valence-electron chi connectivity index (χ4n) is 4.28. The average Bonchev–Trinajstić information content (AvgIpc) is 3.44. The monoisotopic (exact) mass is 437 g/mol. The number of benzene rings is 1. The van der Waals surface area contributed by atoms with Gasteiger partial charge in [-0.25, -0.2) is 9.48 Å².